The lowest BCUT2D eigenvalue weighted by atomic mass is 10.2. The minimum absolute atomic E-state index is 0.639. The van der Waals surface area contributed by atoms with E-state index in [0.29, 0.717) is 18.2 Å². The van der Waals surface area contributed by atoms with Crippen molar-refractivity contribution < 1.29 is 0 Å². The first-order valence-corrected chi connectivity index (χ1v) is 7.86. The third-order valence-electron chi connectivity index (χ3n) is 3.66. The number of aromatic amines is 1. The van der Waals surface area contributed by atoms with E-state index in [0.717, 1.165) is 22.3 Å². The van der Waals surface area contributed by atoms with Crippen LogP contribution in [-0.2, 0) is 13.1 Å². The normalized spacial score (nSPS) is 10.5. The molecule has 0 spiro atoms. The zero-order chi connectivity index (χ0) is 16.1. The second-order valence-electron chi connectivity index (χ2n) is 5.20. The maximum atomic E-state index is 5.35. The van der Waals surface area contributed by atoms with Crippen LogP contribution in [0.15, 0.2) is 48.8 Å². The molecule has 3 rings (SSSR count). The smallest absolute Gasteiger partial charge is 0.166 e. The Hall–Kier alpha value is -2.60. The van der Waals surface area contributed by atoms with E-state index in [1.807, 2.05) is 37.5 Å². The van der Waals surface area contributed by atoms with Crippen molar-refractivity contribution in [3.8, 4) is 0 Å². The maximum absolute atomic E-state index is 5.35. The van der Waals surface area contributed by atoms with E-state index < -0.39 is 0 Å². The molecule has 0 aliphatic rings. The number of rotatable bonds is 5. The Kier molecular flexibility index (Phi) is 4.73. The van der Waals surface area contributed by atoms with Gasteiger partial charge >= 0.3 is 0 Å². The third-order valence-corrected chi connectivity index (χ3v) is 3.95. The molecule has 2 aromatic heterocycles. The van der Waals surface area contributed by atoms with Gasteiger partial charge in [-0.25, -0.2) is 4.98 Å². The van der Waals surface area contributed by atoms with E-state index >= 15 is 0 Å². The van der Waals surface area contributed by atoms with Crippen molar-refractivity contribution in [2.45, 2.75) is 13.1 Å². The van der Waals surface area contributed by atoms with Gasteiger partial charge in [-0.2, -0.15) is 0 Å². The van der Waals surface area contributed by atoms with E-state index in [9.17, 15) is 0 Å². The number of hydrogen-bond acceptors (Lipinski definition) is 3. The minimum Gasteiger partial charge on any atom is -0.388 e. The minimum atomic E-state index is 0.639. The summed E-state index contributed by atoms with van der Waals surface area (Å²) in [5.41, 5.74) is 4.33. The summed E-state index contributed by atoms with van der Waals surface area (Å²) in [6.07, 6.45) is 3.70. The molecule has 118 valence electrons. The Labute approximate surface area is 140 Å². The number of pyridine rings is 1. The van der Waals surface area contributed by atoms with Crippen LogP contribution in [0.25, 0.3) is 11.0 Å². The number of thiocarbonyl (C=S) groups is 1. The van der Waals surface area contributed by atoms with Gasteiger partial charge in [0.25, 0.3) is 0 Å². The highest BCUT2D eigenvalue weighted by Gasteiger charge is 2.03. The Bertz CT molecular complexity index is 811. The third kappa shape index (κ3) is 3.78. The molecule has 5 nitrogen and oxygen atoms in total. The number of H-pyrrole nitrogens is 1. The number of anilines is 1. The number of hydrogen-bond donors (Lipinski definition) is 4. The van der Waals surface area contributed by atoms with Crippen molar-refractivity contribution >= 4 is 34.1 Å². The maximum Gasteiger partial charge on any atom is 0.166 e. The zero-order valence-electron chi connectivity index (χ0n) is 12.9. The van der Waals surface area contributed by atoms with E-state index in [2.05, 4.69) is 38.1 Å². The summed E-state index contributed by atoms with van der Waals surface area (Å²) in [6, 6.07) is 12.3. The molecule has 0 radical (unpaired) electrons. The SMILES string of the molecule is CNc1cccc(CNC(=S)NCc2ccnc3[nH]ccc23)c1. The van der Waals surface area contributed by atoms with Gasteiger partial charge in [-0.3, -0.25) is 0 Å². The van der Waals surface area contributed by atoms with Gasteiger partial charge in [0.05, 0.1) is 0 Å². The lowest BCUT2D eigenvalue weighted by molar-refractivity contribution is 0.836. The van der Waals surface area contributed by atoms with Gasteiger partial charge in [0.2, 0.25) is 0 Å². The fourth-order valence-corrected chi connectivity index (χ4v) is 2.57. The first kappa shape index (κ1) is 15.3. The van der Waals surface area contributed by atoms with Crippen LogP contribution in [0.5, 0.6) is 0 Å². The molecule has 0 amide bonds. The van der Waals surface area contributed by atoms with Gasteiger partial charge < -0.3 is 20.9 Å². The fraction of sp³-hybridized carbons (Fsp3) is 0.176. The summed E-state index contributed by atoms with van der Waals surface area (Å²) in [4.78, 5) is 7.40. The van der Waals surface area contributed by atoms with E-state index in [1.165, 1.54) is 5.56 Å². The Morgan fingerprint density at radius 2 is 2.04 bits per heavy atom. The molecule has 0 aliphatic carbocycles. The van der Waals surface area contributed by atoms with Crippen LogP contribution in [0.4, 0.5) is 5.69 Å². The van der Waals surface area contributed by atoms with Crippen LogP contribution >= 0.6 is 12.2 Å². The summed E-state index contributed by atoms with van der Waals surface area (Å²) < 4.78 is 0. The second-order valence-corrected chi connectivity index (χ2v) is 5.60. The predicted molar refractivity (Wildman–Crippen MR) is 98.4 cm³/mol. The Morgan fingerprint density at radius 1 is 1.17 bits per heavy atom. The monoisotopic (exact) mass is 325 g/mol. The van der Waals surface area contributed by atoms with Crippen LogP contribution in [0.3, 0.4) is 0 Å². The van der Waals surface area contributed by atoms with E-state index in [1.54, 1.807) is 6.20 Å². The average molecular weight is 325 g/mol. The number of benzene rings is 1. The van der Waals surface area contributed by atoms with Crippen molar-refractivity contribution in [2.75, 3.05) is 12.4 Å². The first-order chi connectivity index (χ1) is 11.3. The predicted octanol–water partition coefficient (Wildman–Crippen LogP) is 2.77. The summed E-state index contributed by atoms with van der Waals surface area (Å²) in [7, 11) is 1.91. The topological polar surface area (TPSA) is 64.8 Å². The lowest BCUT2D eigenvalue weighted by Gasteiger charge is -2.12. The highest BCUT2D eigenvalue weighted by atomic mass is 32.1. The lowest BCUT2D eigenvalue weighted by Crippen LogP contribution is -2.34. The molecule has 6 heteroatoms. The molecule has 2 heterocycles. The van der Waals surface area contributed by atoms with Crippen LogP contribution in [0.1, 0.15) is 11.1 Å². The molecule has 0 unspecified atom stereocenters. The molecular weight excluding hydrogens is 306 g/mol. The number of fused-ring (bicyclic) bond motifs is 1. The standard InChI is InChI=1S/C17H19N5S/c1-18-14-4-2-3-12(9-14)10-21-17(23)22-11-13-5-7-19-16-15(13)6-8-20-16/h2-9,18H,10-11H2,1H3,(H,19,20)(H2,21,22,23). The fourth-order valence-electron chi connectivity index (χ4n) is 2.43. The summed E-state index contributed by atoms with van der Waals surface area (Å²) in [5, 5.41) is 11.4. The summed E-state index contributed by atoms with van der Waals surface area (Å²) in [5.74, 6) is 0. The summed E-state index contributed by atoms with van der Waals surface area (Å²) >= 11 is 5.35. The second kappa shape index (κ2) is 7.11. The van der Waals surface area contributed by atoms with Gasteiger partial charge in [0, 0.05) is 43.6 Å². The van der Waals surface area contributed by atoms with E-state index in [-0.39, 0.29) is 0 Å². The van der Waals surface area contributed by atoms with Crippen LogP contribution in [0, 0.1) is 0 Å². The Morgan fingerprint density at radius 3 is 2.91 bits per heavy atom. The largest absolute Gasteiger partial charge is 0.388 e. The van der Waals surface area contributed by atoms with Crippen LogP contribution in [0.2, 0.25) is 0 Å². The van der Waals surface area contributed by atoms with Gasteiger partial charge in [-0.1, -0.05) is 12.1 Å². The van der Waals surface area contributed by atoms with Crippen molar-refractivity contribution in [1.29, 1.82) is 0 Å². The molecule has 1 aromatic carbocycles. The molecule has 0 aliphatic heterocycles. The van der Waals surface area contributed by atoms with Crippen molar-refractivity contribution in [1.82, 2.24) is 20.6 Å². The van der Waals surface area contributed by atoms with Crippen molar-refractivity contribution in [3.05, 3.63) is 59.9 Å². The molecule has 4 N–H and O–H groups in total. The molecule has 0 saturated heterocycles. The van der Waals surface area contributed by atoms with Gasteiger partial charge in [-0.05, 0) is 47.6 Å². The van der Waals surface area contributed by atoms with Gasteiger partial charge in [-0.15, -0.1) is 0 Å². The molecule has 23 heavy (non-hydrogen) atoms. The highest BCUT2D eigenvalue weighted by Crippen LogP contribution is 2.14. The van der Waals surface area contributed by atoms with Crippen molar-refractivity contribution in [3.63, 3.8) is 0 Å². The highest BCUT2D eigenvalue weighted by molar-refractivity contribution is 7.80. The van der Waals surface area contributed by atoms with E-state index in [4.69, 9.17) is 12.2 Å². The molecule has 0 bridgehead atoms. The first-order valence-electron chi connectivity index (χ1n) is 7.45. The number of nitrogens with one attached hydrogen (secondary N) is 4. The van der Waals surface area contributed by atoms with Crippen molar-refractivity contribution in [2.24, 2.45) is 0 Å². The average Bonchev–Trinajstić information content (AvgIpc) is 3.07. The molecule has 0 saturated carbocycles. The zero-order valence-corrected chi connectivity index (χ0v) is 13.7. The molecular formula is C17H19N5S. The van der Waals surface area contributed by atoms with Crippen LogP contribution < -0.4 is 16.0 Å². The van der Waals surface area contributed by atoms with Gasteiger partial charge in [0.1, 0.15) is 5.65 Å². The number of aromatic nitrogens is 2. The van der Waals surface area contributed by atoms with Gasteiger partial charge in [0.15, 0.2) is 5.11 Å². The summed E-state index contributed by atoms with van der Waals surface area (Å²) in [6.45, 7) is 1.36. The molecule has 3 aromatic rings. The molecule has 0 fully saturated rings. The quantitative estimate of drug-likeness (QED) is 0.543. The number of nitrogens with zero attached hydrogens (tertiary/aromatic N) is 1. The Balaban J connectivity index is 1.54. The molecule has 0 atom stereocenters. The van der Waals surface area contributed by atoms with Crippen LogP contribution in [-0.4, -0.2) is 22.1 Å².